The normalized spacial score (nSPS) is 11.9. The first-order valence-electron chi connectivity index (χ1n) is 13.6. The van der Waals surface area contributed by atoms with Gasteiger partial charge in [0.25, 0.3) is 11.8 Å². The standard InChI is InChI=1S/C33H27ClN4O3S3/c1-2-28(32(41)38-33-37-27(20-43-33)29-12-7-17-42-29)44-25-11-6-10-24(19-25)35-31(40)26(18-21-13-15-23(34)16-14-21)36-30(39)22-8-4-3-5-9-22/h3-20,28H,2H2,1H3,(H,35,40)(H,36,39)(H,37,38,41)/b26-18-. The van der Waals surface area contributed by atoms with Crippen LogP contribution >= 0.6 is 46.0 Å². The van der Waals surface area contributed by atoms with Crippen molar-refractivity contribution in [2.45, 2.75) is 23.5 Å². The van der Waals surface area contributed by atoms with Crippen LogP contribution in [-0.2, 0) is 9.59 Å². The van der Waals surface area contributed by atoms with Gasteiger partial charge in [-0.15, -0.1) is 34.4 Å². The van der Waals surface area contributed by atoms with Crippen molar-refractivity contribution in [1.29, 1.82) is 0 Å². The Kier molecular flexibility index (Phi) is 10.6. The highest BCUT2D eigenvalue weighted by Crippen LogP contribution is 2.31. The fraction of sp³-hybridized carbons (Fsp3) is 0.0909. The topological polar surface area (TPSA) is 100 Å². The van der Waals surface area contributed by atoms with Crippen LogP contribution in [0.3, 0.4) is 0 Å². The van der Waals surface area contributed by atoms with Gasteiger partial charge >= 0.3 is 0 Å². The number of thiophene rings is 1. The minimum atomic E-state index is -0.499. The van der Waals surface area contributed by atoms with Gasteiger partial charge in [-0.3, -0.25) is 14.4 Å². The van der Waals surface area contributed by atoms with Gasteiger partial charge in [-0.2, -0.15) is 0 Å². The number of hydrogen-bond acceptors (Lipinski definition) is 7. The van der Waals surface area contributed by atoms with Gasteiger partial charge in [-0.1, -0.05) is 61.0 Å². The fourth-order valence-electron chi connectivity index (χ4n) is 4.05. The molecule has 0 aliphatic carbocycles. The van der Waals surface area contributed by atoms with Crippen LogP contribution in [0.25, 0.3) is 16.6 Å². The van der Waals surface area contributed by atoms with E-state index in [1.54, 1.807) is 78.1 Å². The maximum absolute atomic E-state index is 13.4. The highest BCUT2D eigenvalue weighted by Gasteiger charge is 2.21. The molecule has 0 fully saturated rings. The molecule has 11 heteroatoms. The fourth-order valence-corrected chi connectivity index (χ4v) is 6.67. The van der Waals surface area contributed by atoms with Crippen LogP contribution in [0.1, 0.15) is 29.3 Å². The van der Waals surface area contributed by atoms with Crippen molar-refractivity contribution < 1.29 is 14.4 Å². The van der Waals surface area contributed by atoms with Gasteiger partial charge in [0.15, 0.2) is 5.13 Å². The molecule has 2 heterocycles. The van der Waals surface area contributed by atoms with Crippen LogP contribution in [0, 0.1) is 0 Å². The van der Waals surface area contributed by atoms with Crippen molar-refractivity contribution >= 4 is 80.7 Å². The summed E-state index contributed by atoms with van der Waals surface area (Å²) in [6.45, 7) is 1.95. The van der Waals surface area contributed by atoms with Crippen LogP contribution in [0.2, 0.25) is 5.02 Å². The van der Waals surface area contributed by atoms with Gasteiger partial charge in [-0.05, 0) is 72.0 Å². The second-order valence-corrected chi connectivity index (χ2v) is 12.9. The number of rotatable bonds is 11. The zero-order chi connectivity index (χ0) is 30.9. The molecule has 44 heavy (non-hydrogen) atoms. The zero-order valence-corrected chi connectivity index (χ0v) is 26.7. The van der Waals surface area contributed by atoms with Crippen LogP contribution in [0.15, 0.2) is 112 Å². The van der Waals surface area contributed by atoms with Gasteiger partial charge in [0.1, 0.15) is 5.70 Å². The predicted octanol–water partition coefficient (Wildman–Crippen LogP) is 8.44. The third-order valence-corrected chi connectivity index (χ3v) is 9.51. The summed E-state index contributed by atoms with van der Waals surface area (Å²) >= 11 is 10.4. The summed E-state index contributed by atoms with van der Waals surface area (Å²) in [6.07, 6.45) is 2.18. The number of carbonyl (C=O) groups is 3. The maximum Gasteiger partial charge on any atom is 0.272 e. The van der Waals surface area contributed by atoms with Crippen LogP contribution in [0.5, 0.6) is 0 Å². The number of aromatic nitrogens is 1. The summed E-state index contributed by atoms with van der Waals surface area (Å²) in [4.78, 5) is 45.9. The van der Waals surface area contributed by atoms with E-state index in [4.69, 9.17) is 11.6 Å². The molecule has 0 bridgehead atoms. The smallest absolute Gasteiger partial charge is 0.272 e. The number of carbonyl (C=O) groups excluding carboxylic acids is 3. The van der Waals surface area contributed by atoms with E-state index in [0.29, 0.717) is 33.4 Å². The van der Waals surface area contributed by atoms with Crippen molar-refractivity contribution in [3.05, 3.63) is 124 Å². The first kappa shape index (κ1) is 31.2. The number of thiazole rings is 1. The number of thioether (sulfide) groups is 1. The average Bonchev–Trinajstić information content (AvgIpc) is 3.74. The second kappa shape index (κ2) is 15.0. The lowest BCUT2D eigenvalue weighted by atomic mass is 10.1. The Morgan fingerprint density at radius 1 is 0.932 bits per heavy atom. The first-order chi connectivity index (χ1) is 21.4. The lowest BCUT2D eigenvalue weighted by molar-refractivity contribution is -0.116. The largest absolute Gasteiger partial charge is 0.321 e. The van der Waals surface area contributed by atoms with E-state index in [1.165, 1.54) is 23.1 Å². The molecule has 3 N–H and O–H groups in total. The molecule has 222 valence electrons. The quantitative estimate of drug-likeness (QED) is 0.0977. The molecule has 3 aromatic carbocycles. The molecule has 5 rings (SSSR count). The van der Waals surface area contributed by atoms with Crippen molar-refractivity contribution in [2.75, 3.05) is 10.6 Å². The van der Waals surface area contributed by atoms with Crippen molar-refractivity contribution in [1.82, 2.24) is 10.3 Å². The molecular formula is C33H27ClN4O3S3. The van der Waals surface area contributed by atoms with E-state index in [1.807, 2.05) is 48.0 Å². The Balaban J connectivity index is 1.28. The van der Waals surface area contributed by atoms with E-state index in [-0.39, 0.29) is 16.9 Å². The van der Waals surface area contributed by atoms with Gasteiger partial charge in [0.05, 0.1) is 15.8 Å². The summed E-state index contributed by atoms with van der Waals surface area (Å²) in [5, 5.41) is 13.2. The van der Waals surface area contributed by atoms with Gasteiger partial charge in [-0.25, -0.2) is 4.98 Å². The van der Waals surface area contributed by atoms with Gasteiger partial charge < -0.3 is 16.0 Å². The lowest BCUT2D eigenvalue weighted by Crippen LogP contribution is -2.30. The second-order valence-electron chi connectivity index (χ2n) is 9.43. The van der Waals surface area contributed by atoms with Gasteiger partial charge in [0, 0.05) is 26.5 Å². The first-order valence-corrected chi connectivity index (χ1v) is 16.6. The molecule has 1 unspecified atom stereocenters. The van der Waals surface area contributed by atoms with E-state index in [0.717, 1.165) is 15.5 Å². The Labute approximate surface area is 272 Å². The van der Waals surface area contributed by atoms with Crippen molar-refractivity contribution in [3.63, 3.8) is 0 Å². The third kappa shape index (κ3) is 8.45. The highest BCUT2D eigenvalue weighted by molar-refractivity contribution is 8.00. The maximum atomic E-state index is 13.4. The molecule has 0 saturated carbocycles. The van der Waals surface area contributed by atoms with Crippen LogP contribution < -0.4 is 16.0 Å². The van der Waals surface area contributed by atoms with E-state index in [9.17, 15) is 14.4 Å². The predicted molar refractivity (Wildman–Crippen MR) is 182 cm³/mol. The van der Waals surface area contributed by atoms with Crippen LogP contribution in [-0.4, -0.2) is 28.0 Å². The summed E-state index contributed by atoms with van der Waals surface area (Å²) in [5.41, 5.74) is 2.54. The van der Waals surface area contributed by atoms with E-state index < -0.39 is 11.8 Å². The number of anilines is 2. The van der Waals surface area contributed by atoms with E-state index >= 15 is 0 Å². The van der Waals surface area contributed by atoms with Crippen molar-refractivity contribution in [2.24, 2.45) is 0 Å². The number of benzene rings is 3. The molecule has 0 radical (unpaired) electrons. The molecule has 0 aliphatic heterocycles. The molecule has 3 amide bonds. The highest BCUT2D eigenvalue weighted by atomic mass is 35.5. The number of nitrogens with zero attached hydrogens (tertiary/aromatic N) is 1. The molecule has 0 spiro atoms. The molecule has 0 saturated heterocycles. The zero-order valence-electron chi connectivity index (χ0n) is 23.5. The monoisotopic (exact) mass is 658 g/mol. The lowest BCUT2D eigenvalue weighted by Gasteiger charge is -2.15. The summed E-state index contributed by atoms with van der Waals surface area (Å²) < 4.78 is 0. The Morgan fingerprint density at radius 3 is 2.45 bits per heavy atom. The summed E-state index contributed by atoms with van der Waals surface area (Å²) in [7, 11) is 0. The number of halogens is 1. The molecule has 5 aromatic rings. The summed E-state index contributed by atoms with van der Waals surface area (Å²) in [5.74, 6) is -1.05. The molecule has 1 atom stereocenters. The van der Waals surface area contributed by atoms with Crippen molar-refractivity contribution in [3.8, 4) is 10.6 Å². The Hall–Kier alpha value is -4.22. The third-order valence-electron chi connectivity index (χ3n) is 6.25. The SMILES string of the molecule is CCC(Sc1cccc(NC(=O)/C(=C/c2ccc(Cl)cc2)NC(=O)c2ccccc2)c1)C(=O)Nc1nc(-c2cccs2)cs1. The number of amides is 3. The van der Waals surface area contributed by atoms with Gasteiger partial charge in [0.2, 0.25) is 5.91 Å². The minimum Gasteiger partial charge on any atom is -0.321 e. The van der Waals surface area contributed by atoms with E-state index in [2.05, 4.69) is 20.9 Å². The average molecular weight is 659 g/mol. The summed E-state index contributed by atoms with van der Waals surface area (Å²) in [6, 6.07) is 26.8. The molecular weight excluding hydrogens is 632 g/mol. The number of nitrogens with one attached hydrogen (secondary N) is 3. The van der Waals surface area contributed by atoms with Crippen LogP contribution in [0.4, 0.5) is 10.8 Å². The minimum absolute atomic E-state index is 0.0652. The molecule has 0 aliphatic rings. The molecule has 2 aromatic heterocycles. The Bertz CT molecular complexity index is 1770. The number of hydrogen-bond donors (Lipinski definition) is 3. The molecule has 7 nitrogen and oxygen atoms in total. The Morgan fingerprint density at radius 2 is 1.73 bits per heavy atom.